The van der Waals surface area contributed by atoms with Crippen LogP contribution in [0.4, 0.5) is 27.5 Å². The Morgan fingerprint density at radius 3 is 1.25 bits per heavy atom. The van der Waals surface area contributed by atoms with Crippen LogP contribution in [0.15, 0.2) is 106 Å². The van der Waals surface area contributed by atoms with Crippen molar-refractivity contribution in [1.29, 1.82) is 0 Å². The van der Waals surface area contributed by atoms with Gasteiger partial charge in [0, 0.05) is 11.4 Å². The van der Waals surface area contributed by atoms with Crippen molar-refractivity contribution in [2.24, 2.45) is 10.2 Å². The maximum atomic E-state index is 12.4. The number of anilines is 4. The molecule has 6 N–H and O–H groups in total. The average Bonchev–Trinajstić information content (AvgIpc) is 2.93. The zero-order chi connectivity index (χ0) is 28.6. The van der Waals surface area contributed by atoms with Gasteiger partial charge in [0.15, 0.2) is 11.6 Å². The van der Waals surface area contributed by atoms with Crippen molar-refractivity contribution in [2.45, 2.75) is 0 Å². The normalized spacial score (nSPS) is 16.3. The Hall–Kier alpha value is -6.11. The topological polar surface area (TPSA) is 199 Å². The number of amides is 2. The zero-order valence-corrected chi connectivity index (χ0v) is 20.4. The Balaban J connectivity index is 1.28. The molecule has 4 rings (SSSR count). The molecule has 2 amide bonds. The summed E-state index contributed by atoms with van der Waals surface area (Å²) in [5.74, 6) is -3.88. The van der Waals surface area contributed by atoms with Crippen LogP contribution in [-0.4, -0.2) is 51.2 Å². The number of carboxylic acid groups (broad SMARTS) is 2. The van der Waals surface area contributed by atoms with E-state index in [0.717, 1.165) is 12.2 Å². The Morgan fingerprint density at radius 2 is 0.900 bits per heavy atom. The van der Waals surface area contributed by atoms with Gasteiger partial charge in [0.25, 0.3) is 0 Å². The van der Waals surface area contributed by atoms with E-state index in [9.17, 15) is 24.0 Å². The van der Waals surface area contributed by atoms with E-state index in [4.69, 9.17) is 10.2 Å². The maximum absolute atomic E-state index is 12.4. The summed E-state index contributed by atoms with van der Waals surface area (Å²) in [4.78, 5) is 57.6. The molecule has 40 heavy (non-hydrogen) atoms. The highest BCUT2D eigenvalue weighted by Crippen LogP contribution is 2.17. The molecule has 0 fully saturated rings. The number of ketones is 2. The van der Waals surface area contributed by atoms with Gasteiger partial charge in [0.05, 0.1) is 22.8 Å². The number of allylic oxidation sites excluding steroid dienone is 6. The number of hydrogen-bond acceptors (Lipinski definition) is 9. The van der Waals surface area contributed by atoms with Gasteiger partial charge in [-0.1, -0.05) is 0 Å². The van der Waals surface area contributed by atoms with Gasteiger partial charge < -0.3 is 20.8 Å². The first kappa shape index (κ1) is 26.9. The fraction of sp³-hybridized carbons (Fsp3) is 0. The van der Waals surface area contributed by atoms with Crippen LogP contribution in [0.5, 0.6) is 0 Å². The number of hydrazone groups is 2. The lowest BCUT2D eigenvalue weighted by molar-refractivity contribution is -0.135. The molecule has 0 unspecified atom stereocenters. The second kappa shape index (κ2) is 12.0. The van der Waals surface area contributed by atoms with Gasteiger partial charge in [0.2, 0.25) is 0 Å². The first-order valence-corrected chi connectivity index (χ1v) is 11.5. The minimum Gasteiger partial charge on any atom is -0.478 e. The molecule has 2 aliphatic rings. The van der Waals surface area contributed by atoms with E-state index in [-0.39, 0.29) is 22.6 Å². The van der Waals surface area contributed by atoms with E-state index in [1.807, 2.05) is 0 Å². The third kappa shape index (κ3) is 7.01. The molecule has 0 saturated carbocycles. The Labute approximate surface area is 226 Å². The van der Waals surface area contributed by atoms with Crippen molar-refractivity contribution < 1.29 is 34.2 Å². The number of aliphatic carboxylic acids is 2. The molecule has 2 aromatic carbocycles. The molecule has 200 valence electrons. The predicted molar refractivity (Wildman–Crippen MR) is 147 cm³/mol. The summed E-state index contributed by atoms with van der Waals surface area (Å²) >= 11 is 0. The summed E-state index contributed by atoms with van der Waals surface area (Å²) in [7, 11) is 0. The number of urea groups is 1. The summed E-state index contributed by atoms with van der Waals surface area (Å²) in [6.07, 6.45) is 7.37. The molecule has 2 aliphatic carbocycles. The highest BCUT2D eigenvalue weighted by molar-refractivity contribution is 6.30. The maximum Gasteiger partial charge on any atom is 0.339 e. The first-order chi connectivity index (χ1) is 19.2. The van der Waals surface area contributed by atoms with E-state index in [1.54, 1.807) is 48.5 Å². The van der Waals surface area contributed by atoms with Crippen LogP contribution in [0, 0.1) is 0 Å². The van der Waals surface area contributed by atoms with Gasteiger partial charge in [-0.3, -0.25) is 20.4 Å². The fourth-order valence-electron chi connectivity index (χ4n) is 3.32. The highest BCUT2D eigenvalue weighted by atomic mass is 16.4. The number of benzene rings is 2. The monoisotopic (exact) mass is 540 g/mol. The lowest BCUT2D eigenvalue weighted by Gasteiger charge is -2.10. The van der Waals surface area contributed by atoms with Crippen LogP contribution in [0.25, 0.3) is 0 Å². The lowest BCUT2D eigenvalue weighted by Crippen LogP contribution is -2.19. The predicted octanol–water partition coefficient (Wildman–Crippen LogP) is 3.17. The third-order valence-electron chi connectivity index (χ3n) is 5.30. The summed E-state index contributed by atoms with van der Waals surface area (Å²) in [5, 5.41) is 31.6. The van der Waals surface area contributed by atoms with Crippen LogP contribution in [0.2, 0.25) is 0 Å². The van der Waals surface area contributed by atoms with Crippen molar-refractivity contribution in [3.8, 4) is 0 Å². The standard InChI is InChI=1S/C27H20N6O7/c34-23-11-9-19(13-21(23)25(36)37)32-30-17-5-1-15(2-6-17)28-27(40)29-16-3-7-18(8-4-16)31-33-20-10-12-24(35)22(14-20)26(38)39/h1-14,30-31H,(H,36,37)(H,38,39)(H2,28,29,40)/b32-19-,33-20+. The number of rotatable bonds is 8. The van der Waals surface area contributed by atoms with Crippen molar-refractivity contribution in [1.82, 2.24) is 0 Å². The third-order valence-corrected chi connectivity index (χ3v) is 5.30. The first-order valence-electron chi connectivity index (χ1n) is 11.5. The molecule has 13 nitrogen and oxygen atoms in total. The van der Waals surface area contributed by atoms with E-state index in [2.05, 4.69) is 31.7 Å². The Kier molecular flexibility index (Phi) is 8.05. The number of carbonyl (C=O) groups is 5. The van der Waals surface area contributed by atoms with E-state index in [0.29, 0.717) is 22.7 Å². The molecule has 2 aromatic rings. The summed E-state index contributed by atoms with van der Waals surface area (Å²) in [6, 6.07) is 12.6. The molecule has 0 aliphatic heterocycles. The smallest absolute Gasteiger partial charge is 0.339 e. The molecular formula is C27H20N6O7. The number of carbonyl (C=O) groups excluding carboxylic acids is 3. The fourth-order valence-corrected chi connectivity index (χ4v) is 3.32. The van der Waals surface area contributed by atoms with Crippen molar-refractivity contribution >= 4 is 63.7 Å². The molecule has 0 aromatic heterocycles. The average molecular weight is 540 g/mol. The zero-order valence-electron chi connectivity index (χ0n) is 20.4. The van der Waals surface area contributed by atoms with Gasteiger partial charge in [-0.25, -0.2) is 14.4 Å². The van der Waals surface area contributed by atoms with E-state index < -0.39 is 29.5 Å². The summed E-state index contributed by atoms with van der Waals surface area (Å²) in [6.45, 7) is 0. The number of hydrogen-bond donors (Lipinski definition) is 6. The molecule has 0 radical (unpaired) electrons. The van der Waals surface area contributed by atoms with Gasteiger partial charge >= 0.3 is 18.0 Å². The van der Waals surface area contributed by atoms with Crippen LogP contribution in [0.3, 0.4) is 0 Å². The molecule has 0 heterocycles. The number of nitrogens with one attached hydrogen (secondary N) is 4. The van der Waals surface area contributed by atoms with Crippen molar-refractivity contribution in [3.63, 3.8) is 0 Å². The van der Waals surface area contributed by atoms with Crippen LogP contribution < -0.4 is 21.5 Å². The molecule has 0 atom stereocenters. The Bertz CT molecular complexity index is 1460. The van der Waals surface area contributed by atoms with Crippen molar-refractivity contribution in [2.75, 3.05) is 21.5 Å². The second-order valence-electron chi connectivity index (χ2n) is 8.15. The largest absolute Gasteiger partial charge is 0.478 e. The lowest BCUT2D eigenvalue weighted by atomic mass is 10.0. The van der Waals surface area contributed by atoms with Crippen molar-refractivity contribution in [3.05, 3.63) is 96.1 Å². The minimum absolute atomic E-state index is 0.263. The summed E-state index contributed by atoms with van der Waals surface area (Å²) < 4.78 is 0. The second-order valence-corrected chi connectivity index (χ2v) is 8.15. The van der Waals surface area contributed by atoms with E-state index >= 15 is 0 Å². The SMILES string of the molecule is O=C(Nc1ccc(N/N=C2/C=CC(=O)C(C(=O)O)=C2)cc1)Nc1ccc(N/N=C2\C=CC(=O)C(C(=O)O)=C2)cc1. The van der Waals surface area contributed by atoms with Gasteiger partial charge in [-0.15, -0.1) is 0 Å². The number of carboxylic acids is 2. The Morgan fingerprint density at radius 1 is 0.550 bits per heavy atom. The van der Waals surface area contributed by atoms with Gasteiger partial charge in [0.1, 0.15) is 11.1 Å². The molecule has 13 heteroatoms. The van der Waals surface area contributed by atoms with Gasteiger partial charge in [-0.2, -0.15) is 10.2 Å². The molecule has 0 saturated heterocycles. The molecular weight excluding hydrogens is 520 g/mol. The molecule has 0 bridgehead atoms. The van der Waals surface area contributed by atoms with Gasteiger partial charge in [-0.05, 0) is 85.0 Å². The highest BCUT2D eigenvalue weighted by Gasteiger charge is 2.19. The van der Waals surface area contributed by atoms with E-state index in [1.165, 1.54) is 24.3 Å². The summed E-state index contributed by atoms with van der Waals surface area (Å²) in [5.41, 5.74) is 7.38. The quantitative estimate of drug-likeness (QED) is 0.165. The number of nitrogens with zero attached hydrogens (tertiary/aromatic N) is 2. The minimum atomic E-state index is -1.33. The van der Waals surface area contributed by atoms with Crippen LogP contribution >= 0.6 is 0 Å². The molecule has 0 spiro atoms. The van der Waals surface area contributed by atoms with Crippen LogP contribution in [0.1, 0.15) is 0 Å². The van der Waals surface area contributed by atoms with Crippen LogP contribution in [-0.2, 0) is 19.2 Å².